The topological polar surface area (TPSA) is 89.9 Å². The molecule has 2 aliphatic rings. The van der Waals surface area contributed by atoms with E-state index in [9.17, 15) is 19.9 Å². The number of anilines is 1. The standard InChI is InChI=1S/C25H32N2O4S/c1-16-7-9-18(10-8-16)24(28)27(20-13-11-19(26-31)12-14-20)21-15-22(32-23(21)25(29)30)17-5-3-2-4-6-17/h2-6,15-16,18-20,26,31H,7-14H2,1H3,(H,29,30). The maximum Gasteiger partial charge on any atom is 0.348 e. The van der Waals surface area contributed by atoms with Gasteiger partial charge >= 0.3 is 5.97 Å². The highest BCUT2D eigenvalue weighted by Gasteiger charge is 2.37. The fourth-order valence-corrected chi connectivity index (χ4v) is 6.11. The molecule has 3 N–H and O–H groups in total. The second-order valence-electron chi connectivity index (χ2n) is 9.30. The molecule has 1 aromatic heterocycles. The van der Waals surface area contributed by atoms with Gasteiger partial charge in [-0.15, -0.1) is 11.3 Å². The molecule has 1 amide bonds. The minimum atomic E-state index is -0.993. The first-order valence-corrected chi connectivity index (χ1v) is 12.4. The number of aromatic carboxylic acids is 1. The van der Waals surface area contributed by atoms with Crippen molar-refractivity contribution in [3.8, 4) is 10.4 Å². The van der Waals surface area contributed by atoms with Crippen molar-refractivity contribution < 1.29 is 19.9 Å². The molecule has 6 nitrogen and oxygen atoms in total. The second kappa shape index (κ2) is 10.1. The Bertz CT molecular complexity index is 929. The summed E-state index contributed by atoms with van der Waals surface area (Å²) in [5.74, 6) is -0.342. The van der Waals surface area contributed by atoms with E-state index in [-0.39, 0.29) is 28.8 Å². The number of hydrogen-bond donors (Lipinski definition) is 3. The van der Waals surface area contributed by atoms with Gasteiger partial charge in [-0.2, -0.15) is 0 Å². The van der Waals surface area contributed by atoms with Gasteiger partial charge in [0.05, 0.1) is 5.69 Å². The van der Waals surface area contributed by atoms with Crippen LogP contribution in [0.3, 0.4) is 0 Å². The van der Waals surface area contributed by atoms with Gasteiger partial charge in [0.2, 0.25) is 5.91 Å². The predicted octanol–water partition coefficient (Wildman–Crippen LogP) is 5.56. The molecule has 2 fully saturated rings. The molecular formula is C25H32N2O4S. The average Bonchev–Trinajstić information content (AvgIpc) is 3.26. The number of rotatable bonds is 6. The molecule has 32 heavy (non-hydrogen) atoms. The van der Waals surface area contributed by atoms with Crippen LogP contribution in [-0.4, -0.2) is 34.3 Å². The van der Waals surface area contributed by atoms with Crippen LogP contribution < -0.4 is 10.4 Å². The van der Waals surface area contributed by atoms with Crippen molar-refractivity contribution in [2.45, 2.75) is 70.4 Å². The number of benzene rings is 1. The van der Waals surface area contributed by atoms with Gasteiger partial charge in [0.1, 0.15) is 4.88 Å². The third-order valence-electron chi connectivity index (χ3n) is 7.07. The third-order valence-corrected chi connectivity index (χ3v) is 8.23. The number of nitrogens with one attached hydrogen (secondary N) is 1. The monoisotopic (exact) mass is 456 g/mol. The number of hydroxylamine groups is 1. The second-order valence-corrected chi connectivity index (χ2v) is 10.3. The van der Waals surface area contributed by atoms with Crippen LogP contribution in [0.2, 0.25) is 0 Å². The van der Waals surface area contributed by atoms with Crippen LogP contribution >= 0.6 is 11.3 Å². The Morgan fingerprint density at radius 1 is 1.00 bits per heavy atom. The smallest absolute Gasteiger partial charge is 0.348 e. The van der Waals surface area contributed by atoms with Crippen LogP contribution in [-0.2, 0) is 4.79 Å². The molecule has 0 atom stereocenters. The Kier molecular flexibility index (Phi) is 7.28. The summed E-state index contributed by atoms with van der Waals surface area (Å²) in [5.41, 5.74) is 3.85. The Morgan fingerprint density at radius 3 is 2.25 bits per heavy atom. The lowest BCUT2D eigenvalue weighted by atomic mass is 9.81. The van der Waals surface area contributed by atoms with Crippen molar-refractivity contribution in [1.29, 1.82) is 0 Å². The van der Waals surface area contributed by atoms with E-state index in [4.69, 9.17) is 0 Å². The van der Waals surface area contributed by atoms with E-state index in [0.29, 0.717) is 11.6 Å². The molecule has 0 aliphatic heterocycles. The molecule has 0 unspecified atom stereocenters. The van der Waals surface area contributed by atoms with E-state index in [1.54, 1.807) is 0 Å². The summed E-state index contributed by atoms with van der Waals surface area (Å²) in [5, 5.41) is 19.3. The lowest BCUT2D eigenvalue weighted by molar-refractivity contribution is -0.124. The van der Waals surface area contributed by atoms with Crippen molar-refractivity contribution in [2.24, 2.45) is 11.8 Å². The summed E-state index contributed by atoms with van der Waals surface area (Å²) in [6.45, 7) is 2.23. The van der Waals surface area contributed by atoms with E-state index in [1.165, 1.54) is 11.3 Å². The molecule has 4 rings (SSSR count). The summed E-state index contributed by atoms with van der Waals surface area (Å²) < 4.78 is 0. The molecule has 0 radical (unpaired) electrons. The first kappa shape index (κ1) is 23.0. The largest absolute Gasteiger partial charge is 0.477 e. The van der Waals surface area contributed by atoms with Crippen LogP contribution in [0.25, 0.3) is 10.4 Å². The summed E-state index contributed by atoms with van der Waals surface area (Å²) in [7, 11) is 0. The SMILES string of the molecule is CC1CCC(C(=O)N(c2cc(-c3ccccc3)sc2C(=O)O)C2CCC(NO)CC2)CC1. The quantitative estimate of drug-likeness (QED) is 0.495. The van der Waals surface area contributed by atoms with E-state index in [1.807, 2.05) is 41.3 Å². The molecule has 7 heteroatoms. The third kappa shape index (κ3) is 4.90. The molecule has 2 aliphatic carbocycles. The van der Waals surface area contributed by atoms with Gasteiger partial charge in [-0.25, -0.2) is 10.3 Å². The Hall–Kier alpha value is -2.22. The minimum Gasteiger partial charge on any atom is -0.477 e. The number of carbonyl (C=O) groups is 2. The maximum atomic E-state index is 13.8. The molecule has 2 aromatic rings. The van der Waals surface area contributed by atoms with Crippen LogP contribution in [0.4, 0.5) is 5.69 Å². The molecule has 0 bridgehead atoms. The van der Waals surface area contributed by atoms with Gasteiger partial charge in [-0.1, -0.05) is 37.3 Å². The van der Waals surface area contributed by atoms with Gasteiger partial charge in [0, 0.05) is 22.9 Å². The van der Waals surface area contributed by atoms with Gasteiger partial charge in [0.25, 0.3) is 0 Å². The van der Waals surface area contributed by atoms with E-state index in [2.05, 4.69) is 12.4 Å². The van der Waals surface area contributed by atoms with Crippen molar-refractivity contribution in [3.63, 3.8) is 0 Å². The van der Waals surface area contributed by atoms with Crippen LogP contribution in [0.15, 0.2) is 36.4 Å². The van der Waals surface area contributed by atoms with Gasteiger partial charge < -0.3 is 15.2 Å². The fourth-order valence-electron chi connectivity index (χ4n) is 5.12. The van der Waals surface area contributed by atoms with Crippen LogP contribution in [0.1, 0.15) is 68.0 Å². The molecule has 0 saturated heterocycles. The summed E-state index contributed by atoms with van der Waals surface area (Å²) in [6, 6.07) is 11.6. The summed E-state index contributed by atoms with van der Waals surface area (Å²) in [6.07, 6.45) is 6.79. The van der Waals surface area contributed by atoms with Crippen molar-refractivity contribution in [1.82, 2.24) is 5.48 Å². The van der Waals surface area contributed by atoms with Crippen LogP contribution in [0, 0.1) is 11.8 Å². The highest BCUT2D eigenvalue weighted by atomic mass is 32.1. The Balaban J connectivity index is 1.71. The normalized spacial score (nSPS) is 25.9. The predicted molar refractivity (Wildman–Crippen MR) is 126 cm³/mol. The van der Waals surface area contributed by atoms with E-state index < -0.39 is 5.97 Å². The number of nitrogens with zero attached hydrogens (tertiary/aromatic N) is 1. The summed E-state index contributed by atoms with van der Waals surface area (Å²) in [4.78, 5) is 29.0. The number of carboxylic acids is 1. The Morgan fingerprint density at radius 2 is 1.66 bits per heavy atom. The number of thiophene rings is 1. The van der Waals surface area contributed by atoms with Gasteiger partial charge in [0.15, 0.2) is 0 Å². The lowest BCUT2D eigenvalue weighted by Gasteiger charge is -2.39. The number of carbonyl (C=O) groups excluding carboxylic acids is 1. The number of hydrogen-bond acceptors (Lipinski definition) is 5. The molecule has 1 aromatic carbocycles. The lowest BCUT2D eigenvalue weighted by Crippen LogP contribution is -2.48. The first-order chi connectivity index (χ1) is 15.5. The maximum absolute atomic E-state index is 13.8. The fraction of sp³-hybridized carbons (Fsp3) is 0.520. The number of carboxylic acid groups (broad SMARTS) is 1. The zero-order valence-corrected chi connectivity index (χ0v) is 19.3. The number of amides is 1. The van der Waals surface area contributed by atoms with E-state index >= 15 is 0 Å². The first-order valence-electron chi connectivity index (χ1n) is 11.6. The average molecular weight is 457 g/mol. The zero-order valence-electron chi connectivity index (χ0n) is 18.5. The highest BCUT2D eigenvalue weighted by molar-refractivity contribution is 7.18. The van der Waals surface area contributed by atoms with Gasteiger partial charge in [-0.3, -0.25) is 4.79 Å². The molecular weight excluding hydrogens is 424 g/mol. The highest BCUT2D eigenvalue weighted by Crippen LogP contribution is 2.41. The van der Waals surface area contributed by atoms with Gasteiger partial charge in [-0.05, 0) is 68.9 Å². The summed E-state index contributed by atoms with van der Waals surface area (Å²) >= 11 is 1.24. The zero-order chi connectivity index (χ0) is 22.7. The minimum absolute atomic E-state index is 0.0278. The van der Waals surface area contributed by atoms with Crippen molar-refractivity contribution in [2.75, 3.05) is 4.90 Å². The van der Waals surface area contributed by atoms with E-state index in [0.717, 1.165) is 61.8 Å². The van der Waals surface area contributed by atoms with Crippen LogP contribution in [0.5, 0.6) is 0 Å². The Labute approximate surface area is 193 Å². The molecule has 172 valence electrons. The molecule has 0 spiro atoms. The molecule has 1 heterocycles. The molecule has 2 saturated carbocycles. The van der Waals surface area contributed by atoms with Crippen molar-refractivity contribution >= 4 is 28.9 Å². The van der Waals surface area contributed by atoms with Crippen molar-refractivity contribution in [3.05, 3.63) is 41.3 Å².